The lowest BCUT2D eigenvalue weighted by Gasteiger charge is -2.25. The first-order valence-corrected chi connectivity index (χ1v) is 18.3. The van der Waals surface area contributed by atoms with E-state index < -0.39 is 12.9 Å². The van der Waals surface area contributed by atoms with Crippen molar-refractivity contribution in [1.82, 2.24) is 8.75 Å². The molecule has 7 nitrogen and oxygen atoms in total. The number of nitriles is 1. The summed E-state index contributed by atoms with van der Waals surface area (Å²) < 4.78 is 20.9. The van der Waals surface area contributed by atoms with Gasteiger partial charge < -0.3 is 14.7 Å². The Balaban J connectivity index is 1.21. The summed E-state index contributed by atoms with van der Waals surface area (Å²) in [7, 11) is -4.65. The van der Waals surface area contributed by atoms with Gasteiger partial charge >= 0.3 is 7.60 Å². The summed E-state index contributed by atoms with van der Waals surface area (Å²) in [5, 5.41) is 8.57. The van der Waals surface area contributed by atoms with E-state index >= 15 is 0 Å². The predicted molar refractivity (Wildman–Crippen MR) is 202 cm³/mol. The Morgan fingerprint density at radius 2 is 1.31 bits per heavy atom. The van der Waals surface area contributed by atoms with Crippen molar-refractivity contribution in [2.24, 2.45) is 0 Å². The van der Waals surface area contributed by atoms with Crippen molar-refractivity contribution in [2.45, 2.75) is 0 Å². The molecule has 0 amide bonds. The third kappa shape index (κ3) is 6.52. The second-order valence-electron chi connectivity index (χ2n) is 11.1. The van der Waals surface area contributed by atoms with Crippen molar-refractivity contribution in [2.75, 3.05) is 4.90 Å². The van der Waals surface area contributed by atoms with E-state index in [1.165, 1.54) is 6.08 Å². The highest BCUT2D eigenvalue weighted by molar-refractivity contribution is 7.57. The molecule has 0 bridgehead atoms. The van der Waals surface area contributed by atoms with Crippen LogP contribution in [-0.4, -0.2) is 18.5 Å². The molecule has 2 aromatic heterocycles. The largest absolute Gasteiger partial charge is 0.366 e. The fourth-order valence-electron chi connectivity index (χ4n) is 5.67. The maximum Gasteiger partial charge on any atom is 0.366 e. The van der Waals surface area contributed by atoms with Gasteiger partial charge in [0.25, 0.3) is 0 Å². The smallest absolute Gasteiger partial charge is 0.321 e. The number of rotatable bonds is 9. The van der Waals surface area contributed by atoms with Crippen LogP contribution in [0.2, 0.25) is 0 Å². The number of nitrogens with zero attached hydrogens (tertiary/aromatic N) is 4. The van der Waals surface area contributed by atoms with Crippen LogP contribution < -0.4 is 4.90 Å². The molecule has 49 heavy (non-hydrogen) atoms. The highest BCUT2D eigenvalue weighted by atomic mass is 32.1. The normalized spacial score (nSPS) is 11.7. The van der Waals surface area contributed by atoms with Crippen LogP contribution in [0.5, 0.6) is 0 Å². The van der Waals surface area contributed by atoms with E-state index in [9.17, 15) is 14.4 Å². The number of aromatic nitrogens is 2. The zero-order chi connectivity index (χ0) is 34.0. The molecule has 0 fully saturated rings. The molecule has 5 aromatic carbocycles. The van der Waals surface area contributed by atoms with E-state index in [2.05, 4.69) is 80.9 Å². The molecular weight excluding hydrogens is 668 g/mol. The first-order valence-electron chi connectivity index (χ1n) is 15.1. The van der Waals surface area contributed by atoms with Crippen molar-refractivity contribution < 1.29 is 14.4 Å². The van der Waals surface area contributed by atoms with Crippen molar-refractivity contribution >= 4 is 70.9 Å². The lowest BCUT2D eigenvalue weighted by Crippen LogP contribution is -2.09. The first-order chi connectivity index (χ1) is 23.8. The number of para-hydroxylation sites is 2. The molecule has 0 saturated carbocycles. The third-order valence-electron chi connectivity index (χ3n) is 8.03. The Morgan fingerprint density at radius 3 is 1.88 bits per heavy atom. The van der Waals surface area contributed by atoms with Crippen LogP contribution >= 0.6 is 30.7 Å². The molecular formula is C39H27N4O3PS2. The van der Waals surface area contributed by atoms with Gasteiger partial charge in [0.15, 0.2) is 0 Å². The SMILES string of the molecule is C=Cc1cc(-c2ccc(-c3ccc(/C=C(/C#N)P(=O)(O)O)cc3)c3nsnc23)sc1-c1ccc(N(c2ccccc2)c2ccccc2)cc1. The average Bonchev–Trinajstić information content (AvgIpc) is 3.80. The summed E-state index contributed by atoms with van der Waals surface area (Å²) in [6.07, 6.45) is 3.09. The van der Waals surface area contributed by atoms with E-state index in [-0.39, 0.29) is 0 Å². The highest BCUT2D eigenvalue weighted by Gasteiger charge is 2.21. The topological polar surface area (TPSA) is 110 Å². The Hall–Kier alpha value is -5.46. The fourth-order valence-corrected chi connectivity index (χ4v) is 7.89. The van der Waals surface area contributed by atoms with Crippen molar-refractivity contribution in [3.63, 3.8) is 0 Å². The molecule has 7 rings (SSSR count). The van der Waals surface area contributed by atoms with Crippen LogP contribution in [0.4, 0.5) is 17.1 Å². The Kier molecular flexibility index (Phi) is 8.89. The van der Waals surface area contributed by atoms with Crippen molar-refractivity contribution in [3.8, 4) is 38.1 Å². The summed E-state index contributed by atoms with van der Waals surface area (Å²) in [5.41, 5.74) is 10.1. The minimum Gasteiger partial charge on any atom is -0.321 e. The van der Waals surface area contributed by atoms with E-state index in [0.29, 0.717) is 5.56 Å². The molecule has 7 aromatic rings. The Morgan fingerprint density at radius 1 is 0.755 bits per heavy atom. The molecule has 2 N–H and O–H groups in total. The molecule has 0 aliphatic rings. The van der Waals surface area contributed by atoms with Gasteiger partial charge in [0.2, 0.25) is 0 Å². The molecule has 0 radical (unpaired) electrons. The number of anilines is 3. The number of thiophene rings is 1. The second kappa shape index (κ2) is 13.6. The molecule has 0 atom stereocenters. The van der Waals surface area contributed by atoms with Gasteiger partial charge in [-0.25, -0.2) is 0 Å². The van der Waals surface area contributed by atoms with Crippen molar-refractivity contribution in [3.05, 3.63) is 150 Å². The number of benzene rings is 5. The van der Waals surface area contributed by atoms with E-state index in [1.54, 1.807) is 29.5 Å². The summed E-state index contributed by atoms with van der Waals surface area (Å²) >= 11 is 2.83. The molecule has 0 saturated heterocycles. The van der Waals surface area contributed by atoms with Gasteiger partial charge in [0, 0.05) is 37.9 Å². The zero-order valence-corrected chi connectivity index (χ0v) is 28.4. The van der Waals surface area contributed by atoms with E-state index in [4.69, 9.17) is 5.26 Å². The summed E-state index contributed by atoms with van der Waals surface area (Å²) in [6, 6.07) is 44.2. The van der Waals surface area contributed by atoms with Crippen LogP contribution in [0.3, 0.4) is 0 Å². The lowest BCUT2D eigenvalue weighted by atomic mass is 9.99. The number of hydrogen-bond acceptors (Lipinski definition) is 7. The van der Waals surface area contributed by atoms with Crippen LogP contribution in [-0.2, 0) is 4.57 Å². The molecule has 0 aliphatic carbocycles. The first kappa shape index (κ1) is 32.1. The average molecular weight is 695 g/mol. The van der Waals surface area contributed by atoms with Gasteiger partial charge in [-0.1, -0.05) is 97.6 Å². The van der Waals surface area contributed by atoms with Gasteiger partial charge in [-0.3, -0.25) is 4.57 Å². The van der Waals surface area contributed by atoms with E-state index in [0.717, 1.165) is 77.4 Å². The van der Waals surface area contributed by atoms with Gasteiger partial charge in [0.1, 0.15) is 22.4 Å². The van der Waals surface area contributed by atoms with E-state index in [1.807, 2.05) is 60.7 Å². The molecule has 2 heterocycles. The van der Waals surface area contributed by atoms with Gasteiger partial charge in [-0.05, 0) is 70.8 Å². The monoisotopic (exact) mass is 694 g/mol. The molecule has 238 valence electrons. The third-order valence-corrected chi connectivity index (χ3v) is 10.6. The summed E-state index contributed by atoms with van der Waals surface area (Å²) in [4.78, 5) is 23.2. The van der Waals surface area contributed by atoms with Crippen LogP contribution in [0, 0.1) is 11.3 Å². The molecule has 10 heteroatoms. The minimum absolute atomic E-state index is 0.511. The minimum atomic E-state index is -4.65. The van der Waals surface area contributed by atoms with Gasteiger partial charge in [0.05, 0.1) is 11.7 Å². The van der Waals surface area contributed by atoms with Crippen molar-refractivity contribution in [1.29, 1.82) is 5.26 Å². The van der Waals surface area contributed by atoms with Crippen LogP contribution in [0.1, 0.15) is 11.1 Å². The molecule has 0 spiro atoms. The number of hydrogen-bond donors (Lipinski definition) is 2. The van der Waals surface area contributed by atoms with Gasteiger partial charge in [-0.15, -0.1) is 11.3 Å². The maximum atomic E-state index is 11.6. The Labute approximate surface area is 291 Å². The van der Waals surface area contributed by atoms with Crippen LogP contribution in [0.15, 0.2) is 139 Å². The number of allylic oxidation sites excluding steroid dienone is 1. The standard InChI is InChI=1S/C39H27N4O3PS2/c1-2-27-24-36(48-39(27)29-17-19-32(20-18-29)43(30-9-5-3-6-10-30)31-11-7-4-8-12-31)35-22-21-34(37-38(35)42-49-41-37)28-15-13-26(14-16-28)23-33(25-40)47(44,45)46/h2-24H,1H2,(H2,44,45,46)/b33-23-. The molecule has 0 unspecified atom stereocenters. The van der Waals surface area contributed by atoms with Crippen LogP contribution in [0.25, 0.3) is 55.2 Å². The van der Waals surface area contributed by atoms with Gasteiger partial charge in [-0.2, -0.15) is 14.0 Å². The zero-order valence-electron chi connectivity index (χ0n) is 25.8. The second-order valence-corrected chi connectivity index (χ2v) is 14.2. The Bertz CT molecular complexity index is 2370. The fraction of sp³-hybridized carbons (Fsp3) is 0. The number of fused-ring (bicyclic) bond motifs is 1. The molecule has 0 aliphatic heterocycles. The summed E-state index contributed by atoms with van der Waals surface area (Å²) in [5.74, 6) is 0. The highest BCUT2D eigenvalue weighted by Crippen LogP contribution is 2.46. The summed E-state index contributed by atoms with van der Waals surface area (Å²) in [6.45, 7) is 4.11. The maximum absolute atomic E-state index is 11.6. The lowest BCUT2D eigenvalue weighted by molar-refractivity contribution is 0.384. The quantitative estimate of drug-likeness (QED) is 0.114. The predicted octanol–water partition coefficient (Wildman–Crippen LogP) is 10.9.